The number of amides is 1. The SMILES string of the molecule is CC1C(=O)N[C@@](Cc2c[nH]c3ccccc23)([C@H]2CC(=O)[C@@H](C)OC(=O)/C=C\[C@@H](O)CC[C@@H](C)OC2=O)N1[O-]. The molecule has 0 saturated carbocycles. The monoisotopic (exact) mass is 526 g/mol. The van der Waals surface area contributed by atoms with Crippen molar-refractivity contribution in [3.05, 3.63) is 53.4 Å². The molecular weight excluding hydrogens is 494 g/mol. The van der Waals surface area contributed by atoms with Gasteiger partial charge >= 0.3 is 11.9 Å². The van der Waals surface area contributed by atoms with E-state index in [1.54, 1.807) is 13.1 Å². The summed E-state index contributed by atoms with van der Waals surface area (Å²) in [6, 6.07) is 6.27. The third kappa shape index (κ3) is 5.50. The van der Waals surface area contributed by atoms with E-state index in [0.717, 1.165) is 17.0 Å². The lowest BCUT2D eigenvalue weighted by Crippen LogP contribution is -2.61. The first-order valence-electron chi connectivity index (χ1n) is 12.7. The number of benzene rings is 1. The average molecular weight is 527 g/mol. The van der Waals surface area contributed by atoms with E-state index in [1.807, 2.05) is 24.3 Å². The van der Waals surface area contributed by atoms with Gasteiger partial charge < -0.3 is 35.2 Å². The quantitative estimate of drug-likeness (QED) is 0.507. The Labute approximate surface area is 219 Å². The second-order valence-corrected chi connectivity index (χ2v) is 10.0. The molecule has 0 bridgehead atoms. The number of ether oxygens (including phenoxy) is 2. The number of aromatic amines is 1. The molecule has 2 aliphatic heterocycles. The minimum Gasteiger partial charge on any atom is -0.783 e. The number of nitrogens with one attached hydrogen (secondary N) is 2. The summed E-state index contributed by atoms with van der Waals surface area (Å²) < 4.78 is 10.8. The molecule has 2 aromatic rings. The number of Topliss-reactive ketones (excluding diaryl/α,β-unsaturated/α-hetero) is 1. The number of aliphatic hydroxyl groups excluding tert-OH is 1. The van der Waals surface area contributed by atoms with E-state index in [-0.39, 0.29) is 19.3 Å². The van der Waals surface area contributed by atoms with Gasteiger partial charge in [0.15, 0.2) is 11.9 Å². The number of H-pyrrole nitrogens is 1. The summed E-state index contributed by atoms with van der Waals surface area (Å²) in [4.78, 5) is 55.0. The summed E-state index contributed by atoms with van der Waals surface area (Å²) in [6.45, 7) is 4.42. The molecular formula is C27H32N3O8-. The molecule has 1 saturated heterocycles. The van der Waals surface area contributed by atoms with Crippen molar-refractivity contribution < 1.29 is 33.8 Å². The van der Waals surface area contributed by atoms with E-state index in [0.29, 0.717) is 10.6 Å². The first-order chi connectivity index (χ1) is 18.0. The fraction of sp³-hybridized carbons (Fsp3) is 0.481. The van der Waals surface area contributed by atoms with Crippen molar-refractivity contribution in [2.45, 2.75) is 76.5 Å². The first-order valence-corrected chi connectivity index (χ1v) is 12.7. The van der Waals surface area contributed by atoms with Gasteiger partial charge in [0, 0.05) is 36.0 Å². The van der Waals surface area contributed by atoms with E-state index >= 15 is 0 Å². The zero-order chi connectivity index (χ0) is 27.6. The van der Waals surface area contributed by atoms with Crippen LogP contribution in [-0.4, -0.2) is 68.8 Å². The number of esters is 2. The van der Waals surface area contributed by atoms with Crippen molar-refractivity contribution in [3.8, 4) is 0 Å². The zero-order valence-electron chi connectivity index (χ0n) is 21.5. The molecule has 38 heavy (non-hydrogen) atoms. The molecule has 1 amide bonds. The number of aromatic nitrogens is 1. The molecule has 1 aromatic carbocycles. The van der Waals surface area contributed by atoms with Crippen molar-refractivity contribution in [1.29, 1.82) is 0 Å². The van der Waals surface area contributed by atoms with E-state index in [4.69, 9.17) is 9.47 Å². The summed E-state index contributed by atoms with van der Waals surface area (Å²) >= 11 is 0. The van der Waals surface area contributed by atoms with Crippen LogP contribution in [0, 0.1) is 11.1 Å². The van der Waals surface area contributed by atoms with Crippen molar-refractivity contribution in [2.24, 2.45) is 5.92 Å². The fourth-order valence-electron chi connectivity index (χ4n) is 5.00. The van der Waals surface area contributed by atoms with E-state index in [9.17, 15) is 29.5 Å². The number of hydrogen-bond acceptors (Lipinski definition) is 9. The molecule has 0 aliphatic carbocycles. The van der Waals surface area contributed by atoms with Gasteiger partial charge in [0.2, 0.25) is 5.91 Å². The predicted molar refractivity (Wildman–Crippen MR) is 136 cm³/mol. The summed E-state index contributed by atoms with van der Waals surface area (Å²) in [6.07, 6.45) is 0.931. The van der Waals surface area contributed by atoms with Gasteiger partial charge in [-0.2, -0.15) is 0 Å². The van der Waals surface area contributed by atoms with Crippen LogP contribution in [0.1, 0.15) is 45.6 Å². The lowest BCUT2D eigenvalue weighted by atomic mass is 9.82. The van der Waals surface area contributed by atoms with E-state index in [1.165, 1.54) is 19.9 Å². The van der Waals surface area contributed by atoms with Crippen LogP contribution in [0.4, 0.5) is 0 Å². The largest absolute Gasteiger partial charge is 0.783 e. The molecule has 11 heteroatoms. The minimum atomic E-state index is -1.84. The first kappa shape index (κ1) is 27.5. The third-order valence-electron chi connectivity index (χ3n) is 7.25. The number of hydrogen-bond donors (Lipinski definition) is 3. The van der Waals surface area contributed by atoms with Crippen LogP contribution in [0.3, 0.4) is 0 Å². The van der Waals surface area contributed by atoms with Crippen LogP contribution in [0.5, 0.6) is 0 Å². The fourth-order valence-corrected chi connectivity index (χ4v) is 5.00. The molecule has 3 N–H and O–H groups in total. The summed E-state index contributed by atoms with van der Waals surface area (Å²) in [5.74, 6) is -4.29. The van der Waals surface area contributed by atoms with Crippen LogP contribution < -0.4 is 5.32 Å². The van der Waals surface area contributed by atoms with Crippen molar-refractivity contribution in [1.82, 2.24) is 15.4 Å². The third-order valence-corrected chi connectivity index (χ3v) is 7.25. The van der Waals surface area contributed by atoms with Crippen molar-refractivity contribution >= 4 is 34.5 Å². The van der Waals surface area contributed by atoms with Crippen molar-refractivity contribution in [3.63, 3.8) is 0 Å². The van der Waals surface area contributed by atoms with Gasteiger partial charge in [0.25, 0.3) is 0 Å². The summed E-state index contributed by atoms with van der Waals surface area (Å²) in [5.41, 5.74) is -0.372. The molecule has 1 aromatic heterocycles. The van der Waals surface area contributed by atoms with Crippen molar-refractivity contribution in [2.75, 3.05) is 0 Å². The smallest absolute Gasteiger partial charge is 0.331 e. The minimum absolute atomic E-state index is 0.0896. The lowest BCUT2D eigenvalue weighted by molar-refractivity contribution is -0.163. The van der Waals surface area contributed by atoms with E-state index in [2.05, 4.69) is 10.3 Å². The van der Waals surface area contributed by atoms with Crippen LogP contribution in [0.15, 0.2) is 42.6 Å². The molecule has 1 fully saturated rings. The Hall–Kier alpha value is -3.54. The Morgan fingerprint density at radius 1 is 1.11 bits per heavy atom. The van der Waals surface area contributed by atoms with Gasteiger partial charge in [-0.3, -0.25) is 14.4 Å². The number of fused-ring (bicyclic) bond motifs is 1. The number of cyclic esters (lactones) is 2. The maximum Gasteiger partial charge on any atom is 0.331 e. The number of carbonyl (C=O) groups excluding carboxylic acids is 4. The molecule has 6 atom stereocenters. The molecule has 2 aliphatic rings. The average Bonchev–Trinajstić information content (AvgIpc) is 3.38. The Balaban J connectivity index is 1.77. The van der Waals surface area contributed by atoms with Crippen LogP contribution in [-0.2, 0) is 35.1 Å². The predicted octanol–water partition coefficient (Wildman–Crippen LogP) is 1.87. The molecule has 4 rings (SSSR count). The Morgan fingerprint density at radius 2 is 1.84 bits per heavy atom. The number of nitrogens with zero attached hydrogens (tertiary/aromatic N) is 1. The highest BCUT2D eigenvalue weighted by molar-refractivity contribution is 5.93. The molecule has 3 heterocycles. The lowest BCUT2D eigenvalue weighted by Gasteiger charge is -2.48. The Kier molecular flexibility index (Phi) is 8.00. The van der Waals surface area contributed by atoms with Crippen LogP contribution in [0.25, 0.3) is 10.9 Å². The number of rotatable bonds is 3. The highest BCUT2D eigenvalue weighted by Crippen LogP contribution is 2.38. The number of para-hydroxylation sites is 1. The molecule has 1 unspecified atom stereocenters. The van der Waals surface area contributed by atoms with Gasteiger partial charge in [-0.15, -0.1) is 0 Å². The maximum absolute atomic E-state index is 13.7. The number of carbonyl (C=O) groups is 4. The molecule has 204 valence electrons. The number of aliphatic hydroxyl groups is 1. The highest BCUT2D eigenvalue weighted by atomic mass is 16.6. The van der Waals surface area contributed by atoms with Gasteiger partial charge in [0.05, 0.1) is 24.2 Å². The van der Waals surface area contributed by atoms with Gasteiger partial charge in [-0.1, -0.05) is 18.2 Å². The summed E-state index contributed by atoms with van der Waals surface area (Å²) in [7, 11) is 0. The molecule has 0 spiro atoms. The van der Waals surface area contributed by atoms with Gasteiger partial charge in [-0.25, -0.2) is 4.79 Å². The topological polar surface area (TPSA) is 161 Å². The van der Waals surface area contributed by atoms with Gasteiger partial charge in [0.1, 0.15) is 5.66 Å². The summed E-state index contributed by atoms with van der Waals surface area (Å²) in [5, 5.41) is 27.8. The van der Waals surface area contributed by atoms with E-state index < -0.39 is 66.0 Å². The molecule has 0 radical (unpaired) electrons. The Morgan fingerprint density at radius 3 is 2.55 bits per heavy atom. The normalized spacial score (nSPS) is 32.9. The van der Waals surface area contributed by atoms with Crippen LogP contribution >= 0.6 is 0 Å². The highest BCUT2D eigenvalue weighted by Gasteiger charge is 2.54. The second-order valence-electron chi connectivity index (χ2n) is 10.0. The molecule has 11 nitrogen and oxygen atoms in total. The second kappa shape index (κ2) is 11.1. The van der Waals surface area contributed by atoms with Gasteiger partial charge in [-0.05, 0) is 51.3 Å². The number of ketones is 1. The van der Waals surface area contributed by atoms with Crippen LogP contribution in [0.2, 0.25) is 0 Å². The number of hydroxylamine groups is 2. The zero-order valence-corrected chi connectivity index (χ0v) is 21.5. The standard InChI is InChI=1S/C27H32N3O8/c1-15-8-9-19(31)10-11-24(33)38-17(3)23(32)12-21(26(35)37-15)27(29-25(34)16(2)30(27)36)13-18-14-28-22-7-5-4-6-20(18)22/h4-7,10-11,14-17,19,21,28,31H,8-9,12-13H2,1-3H3,(H,29,34)/q-1/b11-10-/t15-,16?,17-,19+,21+,27-/m1/s1. The Bertz CT molecular complexity index is 1260. The maximum atomic E-state index is 13.7.